The normalized spacial score (nSPS) is 21.2. The summed E-state index contributed by atoms with van der Waals surface area (Å²) >= 11 is 6.36. The topological polar surface area (TPSA) is 89.4 Å². The third kappa shape index (κ3) is 3.36. The van der Waals surface area contributed by atoms with Crippen molar-refractivity contribution in [2.75, 3.05) is 18.4 Å². The van der Waals surface area contributed by atoms with Crippen molar-refractivity contribution in [3.63, 3.8) is 0 Å². The van der Waals surface area contributed by atoms with E-state index in [0.29, 0.717) is 30.4 Å². The number of hydrogen-bond donors (Lipinski definition) is 3. The first-order chi connectivity index (χ1) is 17.3. The van der Waals surface area contributed by atoms with Crippen LogP contribution in [0.25, 0.3) is 10.9 Å². The smallest absolute Gasteiger partial charge is 0.254 e. The number of halogens is 1. The highest BCUT2D eigenvalue weighted by atomic mass is 35.5. The molecule has 6 rings (SSSR count). The maximum atomic E-state index is 14.0. The van der Waals surface area contributed by atoms with E-state index in [-0.39, 0.29) is 17.7 Å². The average Bonchev–Trinajstić information content (AvgIpc) is 3.47. The van der Waals surface area contributed by atoms with Gasteiger partial charge < -0.3 is 20.3 Å². The molecule has 1 saturated heterocycles. The number of phenolic OH excluding ortho intramolecular Hbond substituents is 1. The number of hydrogen-bond acceptors (Lipinski definition) is 5. The Hall–Kier alpha value is -3.91. The van der Waals surface area contributed by atoms with E-state index in [9.17, 15) is 9.90 Å². The number of rotatable bonds is 5. The summed E-state index contributed by atoms with van der Waals surface area (Å²) in [5, 5.41) is 19.6. The lowest BCUT2D eigenvalue weighted by Gasteiger charge is -2.44. The van der Waals surface area contributed by atoms with Gasteiger partial charge in [0.25, 0.3) is 5.91 Å². The van der Waals surface area contributed by atoms with E-state index in [1.807, 2.05) is 56.6 Å². The lowest BCUT2D eigenvalue weighted by atomic mass is 9.81. The minimum absolute atomic E-state index is 0.00232. The van der Waals surface area contributed by atoms with Crippen LogP contribution in [0.4, 0.5) is 5.82 Å². The summed E-state index contributed by atoms with van der Waals surface area (Å²) in [5.41, 5.74) is 3.05. The Labute approximate surface area is 213 Å². The molecule has 1 amide bonds. The average molecular weight is 503 g/mol. The molecule has 36 heavy (non-hydrogen) atoms. The number of aromatic nitrogens is 3. The van der Waals surface area contributed by atoms with Crippen molar-refractivity contribution in [2.45, 2.75) is 24.9 Å². The quantitative estimate of drug-likeness (QED) is 0.376. The van der Waals surface area contributed by atoms with Gasteiger partial charge >= 0.3 is 0 Å². The van der Waals surface area contributed by atoms with Crippen LogP contribution in [0, 0.1) is 0 Å². The third-order valence-corrected chi connectivity index (χ3v) is 7.56. The fourth-order valence-electron chi connectivity index (χ4n) is 5.70. The van der Waals surface area contributed by atoms with Crippen LogP contribution in [0.15, 0.2) is 67.1 Å². The number of phenols is 1. The van der Waals surface area contributed by atoms with E-state index in [1.165, 1.54) is 0 Å². The molecule has 0 aliphatic carbocycles. The maximum absolute atomic E-state index is 14.0. The van der Waals surface area contributed by atoms with Gasteiger partial charge in [0.1, 0.15) is 22.9 Å². The zero-order chi connectivity index (χ0) is 25.2. The number of aromatic hydroxyl groups is 1. The van der Waals surface area contributed by atoms with E-state index >= 15 is 0 Å². The lowest BCUT2D eigenvalue weighted by molar-refractivity contribution is -0.133. The fraction of sp³-hybridized carbons (Fsp3) is 0.259. The molecular weight excluding hydrogens is 476 g/mol. The molecule has 4 aromatic rings. The molecule has 2 aromatic carbocycles. The number of benzene rings is 2. The molecule has 2 atom stereocenters. The predicted molar refractivity (Wildman–Crippen MR) is 140 cm³/mol. The molecule has 4 heterocycles. The Kier molecular flexibility index (Phi) is 5.05. The largest absolute Gasteiger partial charge is 0.508 e. The number of nitrogens with zero attached hydrogens (tertiary/aromatic N) is 4. The number of aromatic amines is 1. The molecule has 1 fully saturated rings. The summed E-state index contributed by atoms with van der Waals surface area (Å²) in [5.74, 6) is 1.58. The van der Waals surface area contributed by atoms with E-state index in [2.05, 4.69) is 26.9 Å². The number of carbonyl (C=O) groups is 1. The van der Waals surface area contributed by atoms with Crippen molar-refractivity contribution >= 4 is 34.2 Å². The van der Waals surface area contributed by atoms with Crippen LogP contribution in [0.5, 0.6) is 5.75 Å². The highest BCUT2D eigenvalue weighted by Crippen LogP contribution is 2.51. The van der Waals surface area contributed by atoms with Crippen molar-refractivity contribution in [2.24, 2.45) is 7.05 Å². The molecule has 0 radical (unpaired) electrons. The molecule has 8 nitrogen and oxygen atoms in total. The summed E-state index contributed by atoms with van der Waals surface area (Å²) < 4.78 is 1.73. The molecular formula is C27H27ClN6O2. The van der Waals surface area contributed by atoms with Crippen LogP contribution in [0.3, 0.4) is 0 Å². The minimum Gasteiger partial charge on any atom is -0.508 e. The van der Waals surface area contributed by atoms with Crippen LogP contribution >= 0.6 is 11.6 Å². The number of fused-ring (bicyclic) bond motifs is 4. The van der Waals surface area contributed by atoms with Gasteiger partial charge in [-0.05, 0) is 48.4 Å². The van der Waals surface area contributed by atoms with Crippen LogP contribution in [0.1, 0.15) is 29.8 Å². The highest BCUT2D eigenvalue weighted by molar-refractivity contribution is 6.31. The van der Waals surface area contributed by atoms with Gasteiger partial charge in [-0.3, -0.25) is 14.4 Å². The number of aryl methyl sites for hydroxylation is 1. The van der Waals surface area contributed by atoms with Gasteiger partial charge in [-0.2, -0.15) is 5.10 Å². The Morgan fingerprint density at radius 3 is 2.86 bits per heavy atom. The molecule has 0 unspecified atom stereocenters. The molecule has 0 spiro atoms. The van der Waals surface area contributed by atoms with Gasteiger partial charge in [0.2, 0.25) is 0 Å². The molecule has 184 valence electrons. The second-order valence-corrected chi connectivity index (χ2v) is 10.1. The van der Waals surface area contributed by atoms with Crippen molar-refractivity contribution in [1.82, 2.24) is 24.6 Å². The third-order valence-electron chi connectivity index (χ3n) is 7.32. The molecule has 2 aliphatic rings. The molecule has 2 aliphatic heterocycles. The van der Waals surface area contributed by atoms with Crippen LogP contribution < -0.4 is 5.32 Å². The highest BCUT2D eigenvalue weighted by Gasteiger charge is 2.57. The van der Waals surface area contributed by atoms with Gasteiger partial charge in [-0.1, -0.05) is 30.3 Å². The van der Waals surface area contributed by atoms with E-state index < -0.39 is 5.54 Å². The standard InChI is InChI=1S/C27H27ClN6O2/c1-16-33(12-10-29-23-9-11-32(3)31-23)26(36)27(2)15-21-20-14-18(28)7-8-22(20)30-24(21)25(34(16)27)17-5-4-6-19(35)13-17/h4-9,11,13-14,25,30,35H,1,10,12,15H2,2-3H3,(H,29,31)/t25-,27+/m1/s1. The number of nitrogens with one attached hydrogen (secondary N) is 2. The lowest BCUT2D eigenvalue weighted by Crippen LogP contribution is -2.52. The first kappa shape index (κ1) is 22.5. The zero-order valence-corrected chi connectivity index (χ0v) is 20.9. The van der Waals surface area contributed by atoms with Crippen LogP contribution in [0.2, 0.25) is 5.02 Å². The SMILES string of the molecule is C=C1N(CCNc2ccn(C)n2)C(=O)[C@]2(C)Cc3c([nH]c4ccc(Cl)cc34)[C@@H](c3cccc(O)c3)N12. The van der Waals surface area contributed by atoms with Gasteiger partial charge in [-0.15, -0.1) is 0 Å². The van der Waals surface area contributed by atoms with Gasteiger partial charge in [0, 0.05) is 60.4 Å². The second-order valence-electron chi connectivity index (χ2n) is 9.70. The molecule has 3 N–H and O–H groups in total. The Balaban J connectivity index is 1.42. The minimum atomic E-state index is -0.845. The Bertz CT molecular complexity index is 1520. The zero-order valence-electron chi connectivity index (χ0n) is 20.1. The molecule has 2 aromatic heterocycles. The van der Waals surface area contributed by atoms with Crippen molar-refractivity contribution < 1.29 is 9.90 Å². The van der Waals surface area contributed by atoms with Gasteiger partial charge in [0.05, 0.1) is 6.04 Å². The van der Waals surface area contributed by atoms with E-state index in [1.54, 1.807) is 21.7 Å². The first-order valence-electron chi connectivity index (χ1n) is 11.9. The van der Waals surface area contributed by atoms with Crippen LogP contribution in [-0.2, 0) is 18.3 Å². The first-order valence-corrected chi connectivity index (χ1v) is 12.3. The van der Waals surface area contributed by atoms with Crippen molar-refractivity contribution in [3.8, 4) is 5.75 Å². The Morgan fingerprint density at radius 2 is 2.11 bits per heavy atom. The number of H-pyrrole nitrogens is 1. The maximum Gasteiger partial charge on any atom is 0.254 e. The molecule has 0 saturated carbocycles. The van der Waals surface area contributed by atoms with Crippen LogP contribution in [-0.4, -0.2) is 54.2 Å². The summed E-state index contributed by atoms with van der Waals surface area (Å²) in [6.07, 6.45) is 2.38. The summed E-state index contributed by atoms with van der Waals surface area (Å²) in [6, 6.07) is 14.5. The summed E-state index contributed by atoms with van der Waals surface area (Å²) in [7, 11) is 1.86. The molecule has 0 bridgehead atoms. The van der Waals surface area contributed by atoms with E-state index in [4.69, 9.17) is 11.6 Å². The number of anilines is 1. The van der Waals surface area contributed by atoms with Gasteiger partial charge in [0.15, 0.2) is 0 Å². The van der Waals surface area contributed by atoms with Crippen molar-refractivity contribution in [1.29, 1.82) is 0 Å². The van der Waals surface area contributed by atoms with Crippen molar-refractivity contribution in [3.05, 3.63) is 89.0 Å². The molecule has 9 heteroatoms. The Morgan fingerprint density at radius 1 is 1.28 bits per heavy atom. The fourth-order valence-corrected chi connectivity index (χ4v) is 5.88. The summed E-state index contributed by atoms with van der Waals surface area (Å²) in [6.45, 7) is 7.34. The number of amides is 1. The monoisotopic (exact) mass is 502 g/mol. The second kappa shape index (κ2) is 8.06. The van der Waals surface area contributed by atoms with E-state index in [0.717, 1.165) is 33.5 Å². The summed E-state index contributed by atoms with van der Waals surface area (Å²) in [4.78, 5) is 21.4. The van der Waals surface area contributed by atoms with Gasteiger partial charge in [-0.25, -0.2) is 0 Å². The number of carbonyl (C=O) groups excluding carboxylic acids is 1. The predicted octanol–water partition coefficient (Wildman–Crippen LogP) is 4.39.